The van der Waals surface area contributed by atoms with Gasteiger partial charge in [0.05, 0.1) is 25.4 Å². The molecule has 3 N–H and O–H groups in total. The molecule has 0 aromatic rings. The minimum Gasteiger partial charge on any atom is -0.466 e. The summed E-state index contributed by atoms with van der Waals surface area (Å²) in [6.45, 7) is 4.88. The second-order valence-corrected chi connectivity index (χ2v) is 20.3. The number of aliphatic hydroxyl groups excluding tert-OH is 2. The van der Waals surface area contributed by atoms with Crippen LogP contribution < -0.4 is 5.32 Å². The van der Waals surface area contributed by atoms with Crippen LogP contribution in [-0.2, 0) is 14.3 Å². The van der Waals surface area contributed by atoms with E-state index in [2.05, 4.69) is 43.5 Å². The zero-order chi connectivity index (χ0) is 48.6. The van der Waals surface area contributed by atoms with E-state index in [4.69, 9.17) is 4.74 Å². The lowest BCUT2D eigenvalue weighted by atomic mass is 10.0. The Bertz CT molecular complexity index is 1090. The van der Waals surface area contributed by atoms with Gasteiger partial charge in [0.25, 0.3) is 0 Å². The van der Waals surface area contributed by atoms with Crippen molar-refractivity contribution < 1.29 is 24.5 Å². The zero-order valence-corrected chi connectivity index (χ0v) is 44.9. The largest absolute Gasteiger partial charge is 0.466 e. The van der Waals surface area contributed by atoms with Crippen LogP contribution in [0.3, 0.4) is 0 Å². The van der Waals surface area contributed by atoms with Crippen LogP contribution in [0.1, 0.15) is 316 Å². The van der Waals surface area contributed by atoms with E-state index in [9.17, 15) is 19.8 Å². The first kappa shape index (κ1) is 65.1. The van der Waals surface area contributed by atoms with Crippen molar-refractivity contribution in [1.82, 2.24) is 5.32 Å². The standard InChI is InChI=1S/C61H115NO5/c1-3-5-7-9-11-13-15-17-19-21-22-25-29-33-37-41-45-49-53-59(64)58(57-63)62-60(65)54-50-46-42-38-34-30-26-23-24-28-32-36-40-44-48-52-56-67-61(66)55-51-47-43-39-35-31-27-20-18-16-14-12-10-8-6-4-2/h14,16,20,27,49,53,58-59,63-64H,3-13,15,17-19,21-26,28-48,50-52,54-57H2,1-2H3,(H,62,65)/b16-14-,27-20-,53-49+. The lowest BCUT2D eigenvalue weighted by Gasteiger charge is -2.20. The number of esters is 1. The third kappa shape index (κ3) is 53.3. The van der Waals surface area contributed by atoms with Crippen molar-refractivity contribution >= 4 is 11.9 Å². The topological polar surface area (TPSA) is 95.9 Å². The van der Waals surface area contributed by atoms with Gasteiger partial charge in [0, 0.05) is 12.8 Å². The van der Waals surface area contributed by atoms with E-state index in [0.717, 1.165) is 57.8 Å². The minimum atomic E-state index is -0.850. The maximum absolute atomic E-state index is 12.5. The van der Waals surface area contributed by atoms with Crippen molar-refractivity contribution in [3.05, 3.63) is 36.5 Å². The number of rotatable bonds is 55. The van der Waals surface area contributed by atoms with E-state index < -0.39 is 12.1 Å². The van der Waals surface area contributed by atoms with E-state index in [1.807, 2.05) is 6.08 Å². The Kier molecular flexibility index (Phi) is 55.0. The fourth-order valence-corrected chi connectivity index (χ4v) is 9.08. The Labute approximate surface area is 417 Å². The fraction of sp³-hybridized carbons (Fsp3) is 0.869. The minimum absolute atomic E-state index is 0.0112. The lowest BCUT2D eigenvalue weighted by Crippen LogP contribution is -2.45. The van der Waals surface area contributed by atoms with E-state index in [1.54, 1.807) is 6.08 Å². The maximum atomic E-state index is 12.5. The number of hydrogen-bond donors (Lipinski definition) is 3. The smallest absolute Gasteiger partial charge is 0.305 e. The Hall–Kier alpha value is -1.92. The normalized spacial score (nSPS) is 12.8. The number of carbonyl (C=O) groups is 2. The molecule has 0 radical (unpaired) electrons. The highest BCUT2D eigenvalue weighted by atomic mass is 16.5. The molecule has 2 atom stereocenters. The van der Waals surface area contributed by atoms with Gasteiger partial charge in [-0.15, -0.1) is 0 Å². The first-order valence-electron chi connectivity index (χ1n) is 29.8. The van der Waals surface area contributed by atoms with Gasteiger partial charge < -0.3 is 20.3 Å². The molecule has 0 heterocycles. The summed E-state index contributed by atoms with van der Waals surface area (Å²) in [5.41, 5.74) is 0. The van der Waals surface area contributed by atoms with Gasteiger partial charge in [-0.3, -0.25) is 9.59 Å². The summed E-state index contributed by atoms with van der Waals surface area (Å²) < 4.78 is 5.47. The highest BCUT2D eigenvalue weighted by molar-refractivity contribution is 5.76. The van der Waals surface area contributed by atoms with E-state index in [0.29, 0.717) is 19.4 Å². The predicted octanol–water partition coefficient (Wildman–Crippen LogP) is 18.4. The average molecular weight is 943 g/mol. The van der Waals surface area contributed by atoms with Crippen LogP contribution in [0.25, 0.3) is 0 Å². The van der Waals surface area contributed by atoms with Crippen molar-refractivity contribution in [2.45, 2.75) is 328 Å². The van der Waals surface area contributed by atoms with Crippen LogP contribution in [0, 0.1) is 0 Å². The monoisotopic (exact) mass is 942 g/mol. The molecule has 67 heavy (non-hydrogen) atoms. The number of hydrogen-bond acceptors (Lipinski definition) is 5. The van der Waals surface area contributed by atoms with Gasteiger partial charge in [-0.25, -0.2) is 0 Å². The number of ether oxygens (including phenoxy) is 1. The van der Waals surface area contributed by atoms with Gasteiger partial charge >= 0.3 is 5.97 Å². The van der Waals surface area contributed by atoms with Crippen LogP contribution in [0.15, 0.2) is 36.5 Å². The van der Waals surface area contributed by atoms with Crippen molar-refractivity contribution in [3.8, 4) is 0 Å². The van der Waals surface area contributed by atoms with E-state index in [1.165, 1.54) is 231 Å². The highest BCUT2D eigenvalue weighted by Crippen LogP contribution is 2.17. The molecule has 0 rings (SSSR count). The molecule has 2 unspecified atom stereocenters. The summed E-state index contributed by atoms with van der Waals surface area (Å²) in [5.74, 6) is -0.0848. The molecule has 0 saturated heterocycles. The summed E-state index contributed by atoms with van der Waals surface area (Å²) in [5, 5.41) is 23.2. The molecule has 0 aromatic heterocycles. The van der Waals surface area contributed by atoms with Crippen molar-refractivity contribution in [2.75, 3.05) is 13.2 Å². The second-order valence-electron chi connectivity index (χ2n) is 20.3. The maximum Gasteiger partial charge on any atom is 0.305 e. The summed E-state index contributed by atoms with van der Waals surface area (Å²) in [7, 11) is 0. The van der Waals surface area contributed by atoms with Crippen LogP contribution in [0.4, 0.5) is 0 Å². The molecule has 394 valence electrons. The molecule has 0 aliphatic rings. The average Bonchev–Trinajstić information content (AvgIpc) is 3.33. The second kappa shape index (κ2) is 56.7. The Balaban J connectivity index is 3.46. The van der Waals surface area contributed by atoms with Gasteiger partial charge in [-0.2, -0.15) is 0 Å². The first-order valence-corrected chi connectivity index (χ1v) is 29.8. The number of aliphatic hydroxyl groups is 2. The van der Waals surface area contributed by atoms with Gasteiger partial charge in [-0.05, 0) is 64.2 Å². The van der Waals surface area contributed by atoms with Gasteiger partial charge in [-0.1, -0.05) is 275 Å². The van der Waals surface area contributed by atoms with Crippen LogP contribution in [-0.4, -0.2) is 47.4 Å². The Morgan fingerprint density at radius 3 is 1.15 bits per heavy atom. The number of allylic oxidation sites excluding steroid dienone is 5. The molecule has 0 saturated carbocycles. The molecule has 1 amide bonds. The third-order valence-corrected chi connectivity index (χ3v) is 13.7. The zero-order valence-electron chi connectivity index (χ0n) is 44.9. The summed E-state index contributed by atoms with van der Waals surface area (Å²) in [6, 6.07) is -0.634. The summed E-state index contributed by atoms with van der Waals surface area (Å²) in [6.07, 6.45) is 70.2. The number of carbonyl (C=O) groups excluding carboxylic acids is 2. The fourth-order valence-electron chi connectivity index (χ4n) is 9.08. The quantitative estimate of drug-likeness (QED) is 0.0321. The molecule has 6 nitrogen and oxygen atoms in total. The molecule has 0 bridgehead atoms. The highest BCUT2D eigenvalue weighted by Gasteiger charge is 2.18. The van der Waals surface area contributed by atoms with Crippen molar-refractivity contribution in [3.63, 3.8) is 0 Å². The van der Waals surface area contributed by atoms with Crippen LogP contribution in [0.2, 0.25) is 0 Å². The lowest BCUT2D eigenvalue weighted by molar-refractivity contribution is -0.143. The van der Waals surface area contributed by atoms with E-state index >= 15 is 0 Å². The van der Waals surface area contributed by atoms with Crippen molar-refractivity contribution in [2.24, 2.45) is 0 Å². The summed E-state index contributed by atoms with van der Waals surface area (Å²) in [4.78, 5) is 24.5. The first-order chi connectivity index (χ1) is 33.0. The van der Waals surface area contributed by atoms with Crippen LogP contribution >= 0.6 is 0 Å². The third-order valence-electron chi connectivity index (χ3n) is 13.7. The number of amides is 1. The predicted molar refractivity (Wildman–Crippen MR) is 292 cm³/mol. The Morgan fingerprint density at radius 2 is 0.746 bits per heavy atom. The summed E-state index contributed by atoms with van der Waals surface area (Å²) >= 11 is 0. The van der Waals surface area contributed by atoms with Crippen LogP contribution in [0.5, 0.6) is 0 Å². The molecule has 0 aliphatic carbocycles. The molecule has 0 fully saturated rings. The molecule has 6 heteroatoms. The van der Waals surface area contributed by atoms with Gasteiger partial charge in [0.1, 0.15) is 0 Å². The Morgan fingerprint density at radius 1 is 0.418 bits per heavy atom. The molecule has 0 spiro atoms. The molecular formula is C61H115NO5. The van der Waals surface area contributed by atoms with Gasteiger partial charge in [0.2, 0.25) is 5.91 Å². The SMILES string of the molecule is CCCCCC/C=C\C/C=C\CCCCCCCC(=O)OCCCCCCCCCCCCCCCCCCC(=O)NC(CO)C(O)/C=C/CCCCCCCCCCCCCCCCCC. The van der Waals surface area contributed by atoms with Crippen molar-refractivity contribution in [1.29, 1.82) is 0 Å². The number of nitrogens with one attached hydrogen (secondary N) is 1. The molecule has 0 aliphatic heterocycles. The molecular weight excluding hydrogens is 827 g/mol. The van der Waals surface area contributed by atoms with E-state index in [-0.39, 0.29) is 18.5 Å². The van der Waals surface area contributed by atoms with Gasteiger partial charge in [0.15, 0.2) is 0 Å². The molecule has 0 aromatic carbocycles. The number of unbranched alkanes of at least 4 members (excludes halogenated alkanes) is 40.